The van der Waals surface area contributed by atoms with Crippen LogP contribution in [-0.2, 0) is 13.1 Å². The summed E-state index contributed by atoms with van der Waals surface area (Å²) < 4.78 is 8.76. The lowest BCUT2D eigenvalue weighted by Gasteiger charge is -2.22. The predicted molar refractivity (Wildman–Crippen MR) is 125 cm³/mol. The molecule has 1 aliphatic rings. The number of carbonyl (C=O) groups excluding carboxylic acids is 1. The van der Waals surface area contributed by atoms with Crippen molar-refractivity contribution < 1.29 is 9.53 Å². The zero-order valence-electron chi connectivity index (χ0n) is 18.3. The summed E-state index contributed by atoms with van der Waals surface area (Å²) >= 11 is 0. The van der Waals surface area contributed by atoms with Crippen LogP contribution in [0.15, 0.2) is 41.2 Å². The number of hydrogen-bond acceptors (Lipinski definition) is 4. The van der Waals surface area contributed by atoms with Gasteiger partial charge in [-0.25, -0.2) is 9.59 Å². The molecule has 0 saturated carbocycles. The Balaban J connectivity index is 1.73. The van der Waals surface area contributed by atoms with Crippen LogP contribution in [-0.4, -0.2) is 35.4 Å². The molecule has 164 valence electrons. The van der Waals surface area contributed by atoms with Crippen LogP contribution in [0.1, 0.15) is 26.7 Å². The second-order valence-electron chi connectivity index (χ2n) is 7.63. The molecule has 1 fully saturated rings. The van der Waals surface area contributed by atoms with E-state index in [1.54, 1.807) is 22.3 Å². The maximum atomic E-state index is 12.8. The molecule has 8 heteroatoms. The first-order valence-electron chi connectivity index (χ1n) is 10.8. The number of methoxy groups -OCH3 is 1. The Kier molecular flexibility index (Phi) is 5.88. The highest BCUT2D eigenvalue weighted by Gasteiger charge is 2.21. The second kappa shape index (κ2) is 8.75. The molecule has 0 atom stereocenters. The molecule has 0 radical (unpaired) electrons. The van der Waals surface area contributed by atoms with Gasteiger partial charge in [0.2, 0.25) is 0 Å². The van der Waals surface area contributed by atoms with Gasteiger partial charge >= 0.3 is 11.7 Å². The Morgan fingerprint density at radius 3 is 2.32 bits per heavy atom. The monoisotopic (exact) mass is 423 g/mol. The standard InChI is InChI=1S/C23H29N5O3/c1-4-27-20-14-18(25-22(29)24-16-9-8-10-17(13-16)31-3)19(26-11-6-7-12-26)15-21(20)28(5-2)23(27)30/h8-10,13-15H,4-7,11-12H2,1-3H3,(H2,24,25,29). The Hall–Kier alpha value is -3.42. The molecule has 0 aliphatic carbocycles. The quantitative estimate of drug-likeness (QED) is 0.626. The smallest absolute Gasteiger partial charge is 0.329 e. The fourth-order valence-corrected chi connectivity index (χ4v) is 4.27. The van der Waals surface area contributed by atoms with Gasteiger partial charge in [-0.15, -0.1) is 0 Å². The number of aromatic nitrogens is 2. The van der Waals surface area contributed by atoms with Crippen LogP contribution in [0, 0.1) is 0 Å². The van der Waals surface area contributed by atoms with Crippen LogP contribution >= 0.6 is 0 Å². The predicted octanol–water partition coefficient (Wildman–Crippen LogP) is 4.10. The van der Waals surface area contributed by atoms with Crippen LogP contribution in [0.25, 0.3) is 11.0 Å². The minimum atomic E-state index is -0.339. The fourth-order valence-electron chi connectivity index (χ4n) is 4.27. The largest absolute Gasteiger partial charge is 0.497 e. The van der Waals surface area contributed by atoms with Crippen molar-refractivity contribution in [3.8, 4) is 5.75 Å². The van der Waals surface area contributed by atoms with Gasteiger partial charge in [0.1, 0.15) is 5.75 Å². The third-order valence-electron chi connectivity index (χ3n) is 5.79. The van der Waals surface area contributed by atoms with Gasteiger partial charge in [0, 0.05) is 37.9 Å². The summed E-state index contributed by atoms with van der Waals surface area (Å²) in [6.07, 6.45) is 2.23. The van der Waals surface area contributed by atoms with E-state index >= 15 is 0 Å². The van der Waals surface area contributed by atoms with E-state index in [0.717, 1.165) is 42.7 Å². The van der Waals surface area contributed by atoms with E-state index in [-0.39, 0.29) is 11.7 Å². The minimum Gasteiger partial charge on any atom is -0.497 e. The molecule has 2 amide bonds. The number of aryl methyl sites for hydroxylation is 2. The average molecular weight is 424 g/mol. The molecule has 2 aromatic carbocycles. The Labute approximate surface area is 181 Å². The van der Waals surface area contributed by atoms with Crippen LogP contribution in [0.3, 0.4) is 0 Å². The number of benzene rings is 2. The van der Waals surface area contributed by atoms with Crippen LogP contribution in [0.5, 0.6) is 5.75 Å². The summed E-state index contributed by atoms with van der Waals surface area (Å²) in [6, 6.07) is 10.8. The molecular formula is C23H29N5O3. The second-order valence-corrected chi connectivity index (χ2v) is 7.63. The summed E-state index contributed by atoms with van der Waals surface area (Å²) in [5.41, 5.74) is 3.99. The maximum Gasteiger partial charge on any atom is 0.329 e. The third-order valence-corrected chi connectivity index (χ3v) is 5.79. The van der Waals surface area contributed by atoms with Crippen LogP contribution < -0.4 is 26.0 Å². The van der Waals surface area contributed by atoms with Crippen molar-refractivity contribution in [1.29, 1.82) is 0 Å². The van der Waals surface area contributed by atoms with Gasteiger partial charge in [-0.05, 0) is 51.0 Å². The molecule has 1 aromatic heterocycles. The molecule has 0 spiro atoms. The first-order chi connectivity index (χ1) is 15.0. The zero-order valence-corrected chi connectivity index (χ0v) is 18.3. The summed E-state index contributed by atoms with van der Waals surface area (Å²) in [5, 5.41) is 5.87. The van der Waals surface area contributed by atoms with E-state index in [1.807, 2.05) is 44.2 Å². The SMILES string of the molecule is CCn1c(=O)n(CC)c2cc(N3CCCC3)c(NC(=O)Nc3cccc(OC)c3)cc21. The maximum absolute atomic E-state index is 12.8. The molecule has 3 aromatic rings. The number of carbonyl (C=O) groups is 1. The number of nitrogens with zero attached hydrogens (tertiary/aromatic N) is 3. The molecule has 31 heavy (non-hydrogen) atoms. The normalized spacial score (nSPS) is 13.6. The fraction of sp³-hybridized carbons (Fsp3) is 0.391. The topological polar surface area (TPSA) is 80.5 Å². The zero-order chi connectivity index (χ0) is 22.0. The van der Waals surface area contributed by atoms with Crippen molar-refractivity contribution in [2.24, 2.45) is 0 Å². The van der Waals surface area contributed by atoms with Gasteiger partial charge in [-0.3, -0.25) is 9.13 Å². The summed E-state index contributed by atoms with van der Waals surface area (Å²) in [6.45, 7) is 6.97. The number of anilines is 3. The number of amides is 2. The van der Waals surface area contributed by atoms with Crippen molar-refractivity contribution in [2.75, 3.05) is 35.7 Å². The third kappa shape index (κ3) is 3.97. The molecule has 2 heterocycles. The summed E-state index contributed by atoms with van der Waals surface area (Å²) in [4.78, 5) is 27.9. The van der Waals surface area contributed by atoms with Crippen LogP contribution in [0.4, 0.5) is 21.9 Å². The number of imidazole rings is 1. The number of ether oxygens (including phenoxy) is 1. The molecule has 0 unspecified atom stereocenters. The van der Waals surface area contributed by atoms with Gasteiger partial charge in [0.25, 0.3) is 0 Å². The number of hydrogen-bond donors (Lipinski definition) is 2. The molecule has 2 N–H and O–H groups in total. The molecule has 4 rings (SSSR count). The van der Waals surface area contributed by atoms with Gasteiger partial charge in [0.15, 0.2) is 0 Å². The minimum absolute atomic E-state index is 0.0228. The number of nitrogens with one attached hydrogen (secondary N) is 2. The van der Waals surface area contributed by atoms with Crippen molar-refractivity contribution in [2.45, 2.75) is 39.8 Å². The lowest BCUT2D eigenvalue weighted by Crippen LogP contribution is -2.24. The Bertz CT molecular complexity index is 1160. The highest BCUT2D eigenvalue weighted by molar-refractivity contribution is 6.04. The lowest BCUT2D eigenvalue weighted by molar-refractivity contribution is 0.262. The van der Waals surface area contributed by atoms with Gasteiger partial charge in [-0.1, -0.05) is 6.07 Å². The van der Waals surface area contributed by atoms with Gasteiger partial charge in [0.05, 0.1) is 29.5 Å². The van der Waals surface area contributed by atoms with Gasteiger partial charge < -0.3 is 20.3 Å². The van der Waals surface area contributed by atoms with Crippen molar-refractivity contribution in [3.05, 3.63) is 46.9 Å². The van der Waals surface area contributed by atoms with E-state index in [4.69, 9.17) is 4.74 Å². The van der Waals surface area contributed by atoms with Crippen molar-refractivity contribution in [1.82, 2.24) is 9.13 Å². The molecule has 0 bridgehead atoms. The van der Waals surface area contributed by atoms with E-state index in [9.17, 15) is 9.59 Å². The van der Waals surface area contributed by atoms with E-state index in [2.05, 4.69) is 15.5 Å². The average Bonchev–Trinajstić information content (AvgIpc) is 3.38. The summed E-state index contributed by atoms with van der Waals surface area (Å²) in [5.74, 6) is 0.671. The van der Waals surface area contributed by atoms with Gasteiger partial charge in [-0.2, -0.15) is 0 Å². The van der Waals surface area contributed by atoms with Crippen molar-refractivity contribution >= 4 is 34.1 Å². The number of rotatable bonds is 6. The molecule has 1 saturated heterocycles. The first-order valence-corrected chi connectivity index (χ1v) is 10.8. The number of fused-ring (bicyclic) bond motifs is 1. The van der Waals surface area contributed by atoms with E-state index < -0.39 is 0 Å². The molecule has 1 aliphatic heterocycles. The highest BCUT2D eigenvalue weighted by atomic mass is 16.5. The van der Waals surface area contributed by atoms with Crippen molar-refractivity contribution in [3.63, 3.8) is 0 Å². The molecular weight excluding hydrogens is 394 g/mol. The van der Waals surface area contributed by atoms with E-state index in [0.29, 0.717) is 30.2 Å². The Morgan fingerprint density at radius 2 is 1.68 bits per heavy atom. The van der Waals surface area contributed by atoms with E-state index in [1.165, 1.54) is 0 Å². The Morgan fingerprint density at radius 1 is 1.00 bits per heavy atom. The number of urea groups is 1. The first kappa shape index (κ1) is 20.8. The lowest BCUT2D eigenvalue weighted by atomic mass is 10.2. The highest BCUT2D eigenvalue weighted by Crippen LogP contribution is 2.33. The van der Waals surface area contributed by atoms with Crippen LogP contribution in [0.2, 0.25) is 0 Å². The summed E-state index contributed by atoms with van der Waals surface area (Å²) in [7, 11) is 1.59. The molecule has 8 nitrogen and oxygen atoms in total.